The van der Waals surface area contributed by atoms with Gasteiger partial charge < -0.3 is 9.47 Å². The summed E-state index contributed by atoms with van der Waals surface area (Å²) < 4.78 is 9.91. The Kier molecular flexibility index (Phi) is 4.57. The van der Waals surface area contributed by atoms with Gasteiger partial charge in [-0.3, -0.25) is 10.1 Å². The SMILES string of the molecule is COC(=O)c1cnc(Oc2ccc(Cl)c(C)c2)c([N+](=O)[O-])c1. The maximum atomic E-state index is 11.4. The highest BCUT2D eigenvalue weighted by atomic mass is 35.5. The van der Waals surface area contributed by atoms with Crippen molar-refractivity contribution in [3.8, 4) is 11.6 Å². The predicted octanol–water partition coefficient (Wildman–Crippen LogP) is 3.53. The number of carbonyl (C=O) groups excluding carboxylic acids is 1. The van der Waals surface area contributed by atoms with Crippen molar-refractivity contribution in [2.45, 2.75) is 6.92 Å². The van der Waals surface area contributed by atoms with Gasteiger partial charge in [-0.1, -0.05) is 11.6 Å². The first kappa shape index (κ1) is 15.7. The fourth-order valence-electron chi connectivity index (χ4n) is 1.67. The summed E-state index contributed by atoms with van der Waals surface area (Å²) in [5.74, 6) is -0.591. The molecule has 8 heteroatoms. The third-order valence-electron chi connectivity index (χ3n) is 2.79. The van der Waals surface area contributed by atoms with Crippen LogP contribution in [0.1, 0.15) is 15.9 Å². The second kappa shape index (κ2) is 6.40. The van der Waals surface area contributed by atoms with E-state index in [9.17, 15) is 14.9 Å². The number of methoxy groups -OCH3 is 1. The molecule has 0 bridgehead atoms. The van der Waals surface area contributed by atoms with Crippen molar-refractivity contribution in [1.82, 2.24) is 4.98 Å². The minimum absolute atomic E-state index is 0.0335. The summed E-state index contributed by atoms with van der Waals surface area (Å²) in [6, 6.07) is 5.86. The fourth-order valence-corrected chi connectivity index (χ4v) is 1.79. The van der Waals surface area contributed by atoms with Crippen molar-refractivity contribution in [3.63, 3.8) is 0 Å². The number of pyridine rings is 1. The predicted molar refractivity (Wildman–Crippen MR) is 78.5 cm³/mol. The Bertz CT molecular complexity index is 748. The van der Waals surface area contributed by atoms with Crippen LogP contribution in [0.2, 0.25) is 5.02 Å². The van der Waals surface area contributed by atoms with Crippen LogP contribution in [0.3, 0.4) is 0 Å². The largest absolute Gasteiger partial charge is 0.465 e. The smallest absolute Gasteiger partial charge is 0.339 e. The fraction of sp³-hybridized carbons (Fsp3) is 0.143. The standard InChI is InChI=1S/C14H11ClN2O5/c1-8-5-10(3-4-11(8)15)22-13-12(17(19)20)6-9(7-16-13)14(18)21-2/h3-7H,1-2H3. The molecule has 0 spiro atoms. The lowest BCUT2D eigenvalue weighted by molar-refractivity contribution is -0.386. The molecule has 0 atom stereocenters. The van der Waals surface area contributed by atoms with Gasteiger partial charge in [0.2, 0.25) is 0 Å². The maximum Gasteiger partial charge on any atom is 0.339 e. The summed E-state index contributed by atoms with van der Waals surface area (Å²) in [5.41, 5.74) is 0.289. The molecular formula is C14H11ClN2O5. The van der Waals surface area contributed by atoms with Gasteiger partial charge in [0.15, 0.2) is 0 Å². The normalized spacial score (nSPS) is 10.1. The number of nitro groups is 1. The molecule has 0 aliphatic heterocycles. The van der Waals surface area contributed by atoms with Crippen LogP contribution in [0.5, 0.6) is 11.6 Å². The second-order valence-electron chi connectivity index (χ2n) is 4.31. The van der Waals surface area contributed by atoms with Crippen molar-refractivity contribution in [1.29, 1.82) is 0 Å². The van der Waals surface area contributed by atoms with Crippen molar-refractivity contribution in [2.24, 2.45) is 0 Å². The molecular weight excluding hydrogens is 312 g/mol. The highest BCUT2D eigenvalue weighted by molar-refractivity contribution is 6.31. The minimum atomic E-state index is -0.718. The number of aromatic nitrogens is 1. The molecule has 1 aromatic carbocycles. The Morgan fingerprint density at radius 1 is 1.36 bits per heavy atom. The van der Waals surface area contributed by atoms with Crippen LogP contribution in [0.15, 0.2) is 30.5 Å². The summed E-state index contributed by atoms with van der Waals surface area (Å²) in [6.45, 7) is 1.78. The van der Waals surface area contributed by atoms with Gasteiger partial charge in [0.05, 0.1) is 17.6 Å². The van der Waals surface area contributed by atoms with Gasteiger partial charge in [0, 0.05) is 17.3 Å². The summed E-state index contributed by atoms with van der Waals surface area (Å²) in [6.07, 6.45) is 1.15. The molecule has 1 aromatic heterocycles. The molecule has 0 N–H and O–H groups in total. The zero-order valence-electron chi connectivity index (χ0n) is 11.7. The molecule has 0 unspecified atom stereocenters. The van der Waals surface area contributed by atoms with Crippen LogP contribution in [-0.4, -0.2) is 23.0 Å². The molecule has 0 fully saturated rings. The Labute approximate surface area is 130 Å². The van der Waals surface area contributed by atoms with E-state index in [1.807, 2.05) is 0 Å². The number of halogens is 1. The van der Waals surface area contributed by atoms with Gasteiger partial charge in [0.25, 0.3) is 5.88 Å². The lowest BCUT2D eigenvalue weighted by atomic mass is 10.2. The average Bonchev–Trinajstić information content (AvgIpc) is 2.50. The molecule has 0 radical (unpaired) electrons. The lowest BCUT2D eigenvalue weighted by Crippen LogP contribution is -2.04. The topological polar surface area (TPSA) is 91.6 Å². The van der Waals surface area contributed by atoms with Crippen LogP contribution < -0.4 is 4.74 Å². The van der Waals surface area contributed by atoms with Gasteiger partial charge in [-0.25, -0.2) is 9.78 Å². The Balaban J connectivity index is 2.39. The minimum Gasteiger partial charge on any atom is -0.465 e. The molecule has 2 aromatic rings. The first-order valence-electron chi connectivity index (χ1n) is 6.09. The number of hydrogen-bond acceptors (Lipinski definition) is 6. The third kappa shape index (κ3) is 3.32. The van der Waals surface area contributed by atoms with E-state index in [0.29, 0.717) is 10.8 Å². The van der Waals surface area contributed by atoms with Crippen molar-refractivity contribution in [3.05, 3.63) is 56.7 Å². The van der Waals surface area contributed by atoms with Crippen molar-refractivity contribution >= 4 is 23.3 Å². The Morgan fingerprint density at radius 3 is 2.68 bits per heavy atom. The van der Waals surface area contributed by atoms with Crippen LogP contribution in [0.25, 0.3) is 0 Å². The molecule has 7 nitrogen and oxygen atoms in total. The average molecular weight is 323 g/mol. The summed E-state index contributed by atoms with van der Waals surface area (Å²) in [4.78, 5) is 25.6. The molecule has 0 amide bonds. The lowest BCUT2D eigenvalue weighted by Gasteiger charge is -2.07. The molecule has 0 aliphatic carbocycles. The van der Waals surface area contributed by atoms with Crippen molar-refractivity contribution in [2.75, 3.05) is 7.11 Å². The van der Waals surface area contributed by atoms with E-state index < -0.39 is 16.6 Å². The number of hydrogen-bond donors (Lipinski definition) is 0. The highest BCUT2D eigenvalue weighted by Gasteiger charge is 2.21. The number of rotatable bonds is 4. The zero-order chi connectivity index (χ0) is 16.3. The van der Waals surface area contributed by atoms with Gasteiger partial charge in [-0.2, -0.15) is 0 Å². The van der Waals surface area contributed by atoms with Crippen LogP contribution in [0.4, 0.5) is 5.69 Å². The van der Waals surface area contributed by atoms with Gasteiger partial charge in [0.1, 0.15) is 5.75 Å². The first-order chi connectivity index (χ1) is 10.4. The van der Waals surface area contributed by atoms with E-state index in [-0.39, 0.29) is 11.4 Å². The van der Waals surface area contributed by atoms with E-state index in [0.717, 1.165) is 17.8 Å². The molecule has 0 saturated heterocycles. The van der Waals surface area contributed by atoms with E-state index in [1.165, 1.54) is 7.11 Å². The van der Waals surface area contributed by atoms with E-state index in [2.05, 4.69) is 9.72 Å². The van der Waals surface area contributed by atoms with Gasteiger partial charge in [-0.05, 0) is 30.7 Å². The highest BCUT2D eigenvalue weighted by Crippen LogP contribution is 2.31. The number of benzene rings is 1. The molecule has 22 heavy (non-hydrogen) atoms. The van der Waals surface area contributed by atoms with Gasteiger partial charge in [-0.15, -0.1) is 0 Å². The molecule has 0 saturated carbocycles. The maximum absolute atomic E-state index is 11.4. The van der Waals surface area contributed by atoms with E-state index in [4.69, 9.17) is 16.3 Å². The first-order valence-corrected chi connectivity index (χ1v) is 6.47. The second-order valence-corrected chi connectivity index (χ2v) is 4.72. The van der Waals surface area contributed by atoms with E-state index >= 15 is 0 Å². The van der Waals surface area contributed by atoms with Crippen LogP contribution in [-0.2, 0) is 4.74 Å². The van der Waals surface area contributed by atoms with Gasteiger partial charge >= 0.3 is 11.7 Å². The zero-order valence-corrected chi connectivity index (χ0v) is 12.5. The number of nitrogens with zero attached hydrogens (tertiary/aromatic N) is 2. The Hall–Kier alpha value is -2.67. The van der Waals surface area contributed by atoms with E-state index in [1.54, 1.807) is 25.1 Å². The van der Waals surface area contributed by atoms with Crippen LogP contribution >= 0.6 is 11.6 Å². The quantitative estimate of drug-likeness (QED) is 0.485. The molecule has 0 aliphatic rings. The number of esters is 1. The summed E-state index contributed by atoms with van der Waals surface area (Å²) in [5, 5.41) is 11.7. The third-order valence-corrected chi connectivity index (χ3v) is 3.22. The van der Waals surface area contributed by atoms with Crippen molar-refractivity contribution < 1.29 is 19.2 Å². The number of aryl methyl sites for hydroxylation is 1. The molecule has 1 heterocycles. The summed E-state index contributed by atoms with van der Waals surface area (Å²) >= 11 is 5.91. The monoisotopic (exact) mass is 322 g/mol. The summed E-state index contributed by atoms with van der Waals surface area (Å²) in [7, 11) is 1.18. The molecule has 114 valence electrons. The Morgan fingerprint density at radius 2 is 2.09 bits per heavy atom. The molecule has 2 rings (SSSR count). The van der Waals surface area contributed by atoms with Crippen LogP contribution in [0, 0.1) is 17.0 Å². The number of carbonyl (C=O) groups is 1. The number of ether oxygens (including phenoxy) is 2.